The van der Waals surface area contributed by atoms with Crippen molar-refractivity contribution < 1.29 is 0 Å². The third-order valence-electron chi connectivity index (χ3n) is 5.47. The average molecular weight is 350 g/mol. The van der Waals surface area contributed by atoms with Crippen LogP contribution in [0.4, 0.5) is 0 Å². The summed E-state index contributed by atoms with van der Waals surface area (Å²) in [4.78, 5) is 4.79. The number of hydrogen-bond donors (Lipinski definition) is 0. The lowest BCUT2D eigenvalue weighted by Crippen LogP contribution is -1.98. The Hall–Kier alpha value is -2.81. The van der Waals surface area contributed by atoms with Gasteiger partial charge in [-0.1, -0.05) is 61.0 Å². The highest BCUT2D eigenvalue weighted by molar-refractivity contribution is 6.17. The molecule has 0 N–H and O–H groups in total. The van der Waals surface area contributed by atoms with Crippen molar-refractivity contribution in [2.24, 2.45) is 4.99 Å². The second-order valence-electron chi connectivity index (χ2n) is 7.20. The smallest absolute Gasteiger partial charge is 0.234 e. The van der Waals surface area contributed by atoms with Crippen LogP contribution in [-0.2, 0) is 0 Å². The highest BCUT2D eigenvalue weighted by Crippen LogP contribution is 2.36. The van der Waals surface area contributed by atoms with E-state index < -0.39 is 0 Å². The summed E-state index contributed by atoms with van der Waals surface area (Å²) < 4.78 is 1.81. The molecule has 132 valence electrons. The van der Waals surface area contributed by atoms with Gasteiger partial charge in [0.15, 0.2) is 0 Å². The summed E-state index contributed by atoms with van der Waals surface area (Å²) in [5.41, 5.74) is 9.09. The molecule has 3 heteroatoms. The van der Waals surface area contributed by atoms with Crippen LogP contribution in [0.2, 0.25) is 0 Å². The average Bonchev–Trinajstić information content (AvgIpc) is 3.10. The maximum absolute atomic E-state index is 6.62. The minimum atomic E-state index is 0.990. The zero-order valence-electron chi connectivity index (χ0n) is 16.4. The van der Waals surface area contributed by atoms with E-state index in [0.29, 0.717) is 0 Å². The molecule has 2 aromatic carbocycles. The fraction of sp³-hybridized carbons (Fsp3) is 0.208. The van der Waals surface area contributed by atoms with Gasteiger partial charge < -0.3 is 4.48 Å². The Morgan fingerprint density at radius 1 is 0.963 bits per heavy atom. The van der Waals surface area contributed by atoms with Crippen LogP contribution in [0.3, 0.4) is 0 Å². The maximum atomic E-state index is 6.62. The van der Waals surface area contributed by atoms with E-state index in [1.165, 1.54) is 16.7 Å². The van der Waals surface area contributed by atoms with Crippen LogP contribution in [0.5, 0.6) is 0 Å². The largest absolute Gasteiger partial charge is 0.396 e. The molecule has 2 radical (unpaired) electrons. The van der Waals surface area contributed by atoms with Gasteiger partial charge in [0.05, 0.1) is 5.70 Å². The van der Waals surface area contributed by atoms with Gasteiger partial charge in [-0.05, 0) is 50.0 Å². The number of benzene rings is 2. The van der Waals surface area contributed by atoms with E-state index >= 15 is 0 Å². The monoisotopic (exact) mass is 350 g/mol. The number of aryl methyl sites for hydroxylation is 1. The highest BCUT2D eigenvalue weighted by atomic mass is 14.9. The Bertz CT molecular complexity index is 1130. The van der Waals surface area contributed by atoms with Crippen molar-refractivity contribution in [2.75, 3.05) is 0 Å². The van der Waals surface area contributed by atoms with Gasteiger partial charge in [-0.25, -0.2) is 0 Å². The standard InChI is InChI=1S/C24H23BN2/c1-5-19-16(3)22(26-17(19)4)14-23-20-8-6-7-9-21(20)24(27(23)25)18-12-10-15(2)11-13-18/h6-14H,5H2,1-4H3/b22-14-. The topological polar surface area (TPSA) is 17.3 Å². The van der Waals surface area contributed by atoms with Crippen molar-refractivity contribution in [2.45, 2.75) is 34.1 Å². The van der Waals surface area contributed by atoms with Crippen molar-refractivity contribution in [1.82, 2.24) is 4.48 Å². The van der Waals surface area contributed by atoms with E-state index in [0.717, 1.165) is 45.6 Å². The lowest BCUT2D eigenvalue weighted by Gasteiger charge is -2.08. The highest BCUT2D eigenvalue weighted by Gasteiger charge is 2.19. The van der Waals surface area contributed by atoms with E-state index in [9.17, 15) is 0 Å². The van der Waals surface area contributed by atoms with E-state index in [2.05, 4.69) is 82.3 Å². The van der Waals surface area contributed by atoms with Gasteiger partial charge in [0.1, 0.15) is 0 Å². The van der Waals surface area contributed by atoms with Crippen LogP contribution in [0.25, 0.3) is 28.1 Å². The van der Waals surface area contributed by atoms with E-state index in [1.807, 2.05) is 4.48 Å². The number of rotatable bonds is 3. The molecule has 0 atom stereocenters. The predicted octanol–water partition coefficient (Wildman–Crippen LogP) is 6.09. The minimum absolute atomic E-state index is 0.990. The minimum Gasteiger partial charge on any atom is -0.396 e. The Balaban J connectivity index is 1.96. The fourth-order valence-corrected chi connectivity index (χ4v) is 4.00. The fourth-order valence-electron chi connectivity index (χ4n) is 4.00. The van der Waals surface area contributed by atoms with E-state index in [1.54, 1.807) is 0 Å². The van der Waals surface area contributed by atoms with Crippen molar-refractivity contribution in [3.05, 3.63) is 76.6 Å². The zero-order valence-corrected chi connectivity index (χ0v) is 16.4. The van der Waals surface area contributed by atoms with Gasteiger partial charge in [0, 0.05) is 27.9 Å². The second-order valence-corrected chi connectivity index (χ2v) is 7.20. The summed E-state index contributed by atoms with van der Waals surface area (Å²) in [6.45, 7) is 8.51. The molecule has 1 aliphatic heterocycles. The molecule has 2 nitrogen and oxygen atoms in total. The summed E-state index contributed by atoms with van der Waals surface area (Å²) in [6.07, 6.45) is 3.12. The molecule has 1 aliphatic rings. The molecule has 0 saturated carbocycles. The molecular formula is C24H23BN2. The molecule has 1 aromatic heterocycles. The first-order valence-electron chi connectivity index (χ1n) is 9.44. The first-order valence-corrected chi connectivity index (χ1v) is 9.44. The van der Waals surface area contributed by atoms with Crippen molar-refractivity contribution >= 4 is 30.5 Å². The molecule has 0 saturated heterocycles. The summed E-state index contributed by atoms with van der Waals surface area (Å²) in [5.74, 6) is 0. The van der Waals surface area contributed by atoms with Crippen LogP contribution in [0.1, 0.15) is 38.4 Å². The summed E-state index contributed by atoms with van der Waals surface area (Å²) in [7, 11) is 6.62. The molecule has 2 heterocycles. The lowest BCUT2D eigenvalue weighted by atomic mass is 10.0. The quantitative estimate of drug-likeness (QED) is 0.509. The van der Waals surface area contributed by atoms with Gasteiger partial charge in [-0.3, -0.25) is 4.99 Å². The second kappa shape index (κ2) is 6.73. The molecule has 0 spiro atoms. The Labute approximate surface area is 162 Å². The summed E-state index contributed by atoms with van der Waals surface area (Å²) in [6, 6.07) is 16.9. The van der Waals surface area contributed by atoms with Gasteiger partial charge in [-0.15, -0.1) is 0 Å². The number of aromatic nitrogens is 1. The van der Waals surface area contributed by atoms with Gasteiger partial charge in [0.25, 0.3) is 0 Å². The Morgan fingerprint density at radius 2 is 1.63 bits per heavy atom. The Morgan fingerprint density at radius 3 is 2.26 bits per heavy atom. The predicted molar refractivity (Wildman–Crippen MR) is 117 cm³/mol. The molecule has 27 heavy (non-hydrogen) atoms. The van der Waals surface area contributed by atoms with Crippen LogP contribution in [-0.4, -0.2) is 18.2 Å². The zero-order chi connectivity index (χ0) is 19.1. The SMILES string of the molecule is [B]n1c(/C=C2\N=C(C)C(CC)=C2C)c2ccccc2c1-c1ccc(C)cc1. The van der Waals surface area contributed by atoms with Crippen molar-refractivity contribution in [1.29, 1.82) is 0 Å². The van der Waals surface area contributed by atoms with Crippen LogP contribution in [0.15, 0.2) is 70.4 Å². The molecule has 4 rings (SSSR count). The first-order chi connectivity index (χ1) is 13.0. The lowest BCUT2D eigenvalue weighted by molar-refractivity contribution is 1.15. The third-order valence-corrected chi connectivity index (χ3v) is 5.47. The first kappa shape index (κ1) is 17.6. The number of allylic oxidation sites excluding steroid dienone is 2. The third kappa shape index (κ3) is 2.88. The Kier molecular flexibility index (Phi) is 4.39. The van der Waals surface area contributed by atoms with Gasteiger partial charge in [0.2, 0.25) is 7.98 Å². The molecular weight excluding hydrogens is 327 g/mol. The normalized spacial score (nSPS) is 15.9. The van der Waals surface area contributed by atoms with Crippen molar-refractivity contribution in [3.8, 4) is 11.3 Å². The number of nitrogens with zero attached hydrogens (tertiary/aromatic N) is 2. The summed E-state index contributed by atoms with van der Waals surface area (Å²) in [5, 5.41) is 2.31. The number of hydrogen-bond acceptors (Lipinski definition) is 1. The molecule has 0 aliphatic carbocycles. The molecule has 0 fully saturated rings. The van der Waals surface area contributed by atoms with Gasteiger partial charge >= 0.3 is 0 Å². The number of aliphatic imine (C=N–C) groups is 1. The summed E-state index contributed by atoms with van der Waals surface area (Å²) >= 11 is 0. The molecule has 0 unspecified atom stereocenters. The van der Waals surface area contributed by atoms with Crippen LogP contribution >= 0.6 is 0 Å². The molecule has 0 amide bonds. The van der Waals surface area contributed by atoms with E-state index in [-0.39, 0.29) is 0 Å². The maximum Gasteiger partial charge on any atom is 0.234 e. The number of fused-ring (bicyclic) bond motifs is 1. The van der Waals surface area contributed by atoms with E-state index in [4.69, 9.17) is 13.0 Å². The molecule has 0 bridgehead atoms. The van der Waals surface area contributed by atoms with Crippen LogP contribution < -0.4 is 0 Å². The van der Waals surface area contributed by atoms with Gasteiger partial charge in [-0.2, -0.15) is 0 Å². The van der Waals surface area contributed by atoms with Crippen molar-refractivity contribution in [3.63, 3.8) is 0 Å². The van der Waals surface area contributed by atoms with Crippen LogP contribution in [0, 0.1) is 6.92 Å². The molecule has 3 aromatic rings.